The van der Waals surface area contributed by atoms with Crippen molar-refractivity contribution >= 4 is 11.9 Å². The molecule has 0 aromatic carbocycles. The van der Waals surface area contributed by atoms with Crippen molar-refractivity contribution in [2.45, 2.75) is 58.3 Å². The maximum atomic E-state index is 13.0. The fourth-order valence-corrected chi connectivity index (χ4v) is 2.61. The number of nitrogens with zero attached hydrogens (tertiary/aromatic N) is 1. The van der Waals surface area contributed by atoms with Gasteiger partial charge in [-0.1, -0.05) is 0 Å². The highest BCUT2D eigenvalue weighted by atomic mass is 19.4. The SMILES string of the molecule is CC(=O)N1[C@H](C(F)(F)F)CCC[C@@H]1C(C)(C)C(=O)O. The molecule has 0 aromatic rings. The number of carboxylic acid groups (broad SMARTS) is 1. The Kier molecular flexibility index (Phi) is 4.17. The van der Waals surface area contributed by atoms with Crippen LogP contribution in [0.2, 0.25) is 0 Å². The number of rotatable bonds is 2. The summed E-state index contributed by atoms with van der Waals surface area (Å²) in [5.74, 6) is -1.94. The van der Waals surface area contributed by atoms with E-state index in [0.717, 1.165) is 6.92 Å². The Balaban J connectivity index is 3.17. The Hall–Kier alpha value is -1.27. The summed E-state index contributed by atoms with van der Waals surface area (Å²) < 4.78 is 38.9. The van der Waals surface area contributed by atoms with Crippen LogP contribution in [0.4, 0.5) is 13.2 Å². The smallest absolute Gasteiger partial charge is 0.408 e. The molecule has 1 N–H and O–H groups in total. The van der Waals surface area contributed by atoms with Gasteiger partial charge in [-0.05, 0) is 33.1 Å². The summed E-state index contributed by atoms with van der Waals surface area (Å²) in [5, 5.41) is 9.16. The minimum atomic E-state index is -4.53. The first-order valence-corrected chi connectivity index (χ1v) is 6.08. The van der Waals surface area contributed by atoms with Crippen molar-refractivity contribution in [1.82, 2.24) is 4.90 Å². The largest absolute Gasteiger partial charge is 0.481 e. The number of aliphatic carboxylic acids is 1. The lowest BCUT2D eigenvalue weighted by molar-refractivity contribution is -0.209. The minimum Gasteiger partial charge on any atom is -0.481 e. The predicted molar refractivity (Wildman–Crippen MR) is 61.4 cm³/mol. The zero-order chi connectivity index (χ0) is 15.0. The van der Waals surface area contributed by atoms with E-state index in [4.69, 9.17) is 5.11 Å². The van der Waals surface area contributed by atoms with Crippen molar-refractivity contribution in [2.24, 2.45) is 5.41 Å². The van der Waals surface area contributed by atoms with Crippen LogP contribution in [0.1, 0.15) is 40.0 Å². The van der Waals surface area contributed by atoms with Crippen molar-refractivity contribution in [3.05, 3.63) is 0 Å². The van der Waals surface area contributed by atoms with Gasteiger partial charge < -0.3 is 10.0 Å². The Morgan fingerprint density at radius 3 is 2.00 bits per heavy atom. The minimum absolute atomic E-state index is 0.171. The van der Waals surface area contributed by atoms with Crippen molar-refractivity contribution in [2.75, 3.05) is 0 Å². The average molecular weight is 281 g/mol. The molecule has 110 valence electrons. The van der Waals surface area contributed by atoms with Crippen LogP contribution in [0.5, 0.6) is 0 Å². The molecule has 0 unspecified atom stereocenters. The van der Waals surface area contributed by atoms with Gasteiger partial charge in [-0.25, -0.2) is 0 Å². The molecule has 0 spiro atoms. The number of piperidine rings is 1. The summed E-state index contributed by atoms with van der Waals surface area (Å²) in [7, 11) is 0. The molecule has 1 fully saturated rings. The number of halogens is 3. The van der Waals surface area contributed by atoms with E-state index in [0.29, 0.717) is 4.90 Å². The number of amides is 1. The molecule has 0 bridgehead atoms. The lowest BCUT2D eigenvalue weighted by atomic mass is 9.77. The summed E-state index contributed by atoms with van der Waals surface area (Å²) in [4.78, 5) is 23.5. The number of carbonyl (C=O) groups is 2. The molecule has 1 aliphatic heterocycles. The average Bonchev–Trinajstić information content (AvgIpc) is 2.26. The number of carboxylic acids is 1. The lowest BCUT2D eigenvalue weighted by Gasteiger charge is -2.47. The summed E-state index contributed by atoms with van der Waals surface area (Å²) in [6, 6.07) is -2.83. The first-order chi connectivity index (χ1) is 8.49. The molecular formula is C12H18F3NO3. The van der Waals surface area contributed by atoms with Crippen LogP contribution >= 0.6 is 0 Å². The van der Waals surface area contributed by atoms with Gasteiger partial charge in [-0.2, -0.15) is 13.2 Å². The van der Waals surface area contributed by atoms with E-state index >= 15 is 0 Å². The highest BCUT2D eigenvalue weighted by Crippen LogP contribution is 2.40. The quantitative estimate of drug-likeness (QED) is 0.845. The van der Waals surface area contributed by atoms with Gasteiger partial charge in [0, 0.05) is 13.0 Å². The summed E-state index contributed by atoms with van der Waals surface area (Å²) in [6.07, 6.45) is -4.17. The van der Waals surface area contributed by atoms with E-state index in [2.05, 4.69) is 0 Å². The van der Waals surface area contributed by atoms with Gasteiger partial charge in [0.05, 0.1) is 5.41 Å². The molecular weight excluding hydrogens is 263 g/mol. The molecule has 0 aliphatic carbocycles. The third-order valence-electron chi connectivity index (χ3n) is 3.75. The maximum Gasteiger partial charge on any atom is 0.408 e. The molecule has 1 amide bonds. The number of carbonyl (C=O) groups excluding carboxylic acids is 1. The molecule has 19 heavy (non-hydrogen) atoms. The molecule has 1 aliphatic rings. The standard InChI is InChI=1S/C12H18F3NO3/c1-7(17)16-8(11(2,3)10(18)19)5-4-6-9(16)12(13,14)15/h8-9H,4-6H2,1-3H3,(H,18,19)/t8-,9+/m1/s1. The van der Waals surface area contributed by atoms with Crippen molar-refractivity contribution in [3.63, 3.8) is 0 Å². The molecule has 2 atom stereocenters. The van der Waals surface area contributed by atoms with E-state index in [9.17, 15) is 22.8 Å². The molecule has 1 rings (SSSR count). The summed E-state index contributed by atoms with van der Waals surface area (Å²) >= 11 is 0. The van der Waals surface area contributed by atoms with E-state index in [-0.39, 0.29) is 19.3 Å². The van der Waals surface area contributed by atoms with Crippen LogP contribution in [0.25, 0.3) is 0 Å². The van der Waals surface area contributed by atoms with E-state index in [1.54, 1.807) is 0 Å². The molecule has 1 heterocycles. The Morgan fingerprint density at radius 1 is 1.16 bits per heavy atom. The van der Waals surface area contributed by atoms with Crippen molar-refractivity contribution in [3.8, 4) is 0 Å². The van der Waals surface area contributed by atoms with E-state index in [1.165, 1.54) is 13.8 Å². The highest BCUT2D eigenvalue weighted by Gasteiger charge is 2.53. The lowest BCUT2D eigenvalue weighted by Crippen LogP contribution is -2.60. The molecule has 1 saturated heterocycles. The number of likely N-dealkylation sites (tertiary alicyclic amines) is 1. The predicted octanol–water partition coefficient (Wildman–Crippen LogP) is 2.43. The Bertz CT molecular complexity index is 379. The van der Waals surface area contributed by atoms with Gasteiger partial charge >= 0.3 is 12.1 Å². The monoisotopic (exact) mass is 281 g/mol. The van der Waals surface area contributed by atoms with Gasteiger partial charge in [0.15, 0.2) is 0 Å². The Morgan fingerprint density at radius 2 is 1.63 bits per heavy atom. The van der Waals surface area contributed by atoms with Gasteiger partial charge in [0.1, 0.15) is 6.04 Å². The number of hydrogen-bond acceptors (Lipinski definition) is 2. The van der Waals surface area contributed by atoms with Gasteiger partial charge in [-0.3, -0.25) is 9.59 Å². The summed E-state index contributed by atoms with van der Waals surface area (Å²) in [5.41, 5.74) is -1.41. The topological polar surface area (TPSA) is 57.6 Å². The van der Waals surface area contributed by atoms with Crippen LogP contribution in [0.3, 0.4) is 0 Å². The van der Waals surface area contributed by atoms with Crippen molar-refractivity contribution < 1.29 is 27.9 Å². The molecule has 0 radical (unpaired) electrons. The van der Waals surface area contributed by atoms with Gasteiger partial charge in [0.2, 0.25) is 5.91 Å². The normalized spacial score (nSPS) is 25.3. The second kappa shape index (κ2) is 5.02. The molecule has 7 heteroatoms. The van der Waals surface area contributed by atoms with Crippen LogP contribution < -0.4 is 0 Å². The first kappa shape index (κ1) is 15.8. The van der Waals surface area contributed by atoms with Crippen LogP contribution in [0.15, 0.2) is 0 Å². The maximum absolute atomic E-state index is 13.0. The van der Waals surface area contributed by atoms with E-state index < -0.39 is 35.6 Å². The Labute approximate surface area is 109 Å². The van der Waals surface area contributed by atoms with Crippen LogP contribution in [-0.2, 0) is 9.59 Å². The summed E-state index contributed by atoms with van der Waals surface area (Å²) in [6.45, 7) is 3.76. The van der Waals surface area contributed by atoms with Gasteiger partial charge in [0.25, 0.3) is 0 Å². The molecule has 0 aromatic heterocycles. The second-order valence-corrected chi connectivity index (χ2v) is 5.46. The molecule has 0 saturated carbocycles. The number of hydrogen-bond donors (Lipinski definition) is 1. The third kappa shape index (κ3) is 3.01. The van der Waals surface area contributed by atoms with Crippen molar-refractivity contribution in [1.29, 1.82) is 0 Å². The van der Waals surface area contributed by atoms with Gasteiger partial charge in [-0.15, -0.1) is 0 Å². The van der Waals surface area contributed by atoms with Crippen LogP contribution in [-0.4, -0.2) is 40.1 Å². The molecule has 4 nitrogen and oxygen atoms in total. The fourth-order valence-electron chi connectivity index (χ4n) is 2.61. The zero-order valence-corrected chi connectivity index (χ0v) is 11.1. The fraction of sp³-hybridized carbons (Fsp3) is 0.833. The third-order valence-corrected chi connectivity index (χ3v) is 3.75. The number of alkyl halides is 3. The van der Waals surface area contributed by atoms with Crippen LogP contribution in [0, 0.1) is 5.41 Å². The van der Waals surface area contributed by atoms with E-state index in [1.807, 2.05) is 0 Å². The second-order valence-electron chi connectivity index (χ2n) is 5.46. The zero-order valence-electron chi connectivity index (χ0n) is 11.1. The highest BCUT2D eigenvalue weighted by molar-refractivity contribution is 5.78. The first-order valence-electron chi connectivity index (χ1n) is 6.08.